The highest BCUT2D eigenvalue weighted by Gasteiger charge is 2.11. The van der Waals surface area contributed by atoms with Crippen LogP contribution in [-0.2, 0) is 4.79 Å². The molecule has 1 aromatic carbocycles. The summed E-state index contributed by atoms with van der Waals surface area (Å²) in [5.74, 6) is 1.33. The van der Waals surface area contributed by atoms with Crippen molar-refractivity contribution in [1.29, 1.82) is 0 Å². The average Bonchev–Trinajstić information content (AvgIpc) is 2.91. The third-order valence-electron chi connectivity index (χ3n) is 2.53. The minimum Gasteiger partial charge on any atom is -0.497 e. The fraction of sp³-hybridized carbons (Fsp3) is 0.143. The Morgan fingerprint density at radius 1 is 1.39 bits per heavy atom. The maximum absolute atomic E-state index is 11.7. The lowest BCUT2D eigenvalue weighted by atomic mass is 10.3. The molecule has 0 radical (unpaired) electrons. The molecule has 0 atom stereocenters. The Morgan fingerprint density at radius 3 is 2.65 bits per heavy atom. The van der Waals surface area contributed by atoms with Crippen molar-refractivity contribution in [2.45, 2.75) is 0 Å². The van der Waals surface area contributed by atoms with Crippen LogP contribution in [0, 0.1) is 3.77 Å². The normalized spacial score (nSPS) is 10.8. The monoisotopic (exact) mass is 556 g/mol. The van der Waals surface area contributed by atoms with Crippen LogP contribution in [0.4, 0.5) is 0 Å². The van der Waals surface area contributed by atoms with Crippen molar-refractivity contribution < 1.29 is 18.7 Å². The van der Waals surface area contributed by atoms with Crippen LogP contribution in [-0.4, -0.2) is 25.8 Å². The van der Waals surface area contributed by atoms with E-state index in [1.807, 2.05) is 22.6 Å². The van der Waals surface area contributed by atoms with Crippen LogP contribution < -0.4 is 14.9 Å². The fourth-order valence-electron chi connectivity index (χ4n) is 1.53. The first kappa shape index (κ1) is 18.3. The van der Waals surface area contributed by atoms with Gasteiger partial charge in [-0.3, -0.25) is 4.79 Å². The minimum atomic E-state index is -0.392. The predicted molar refractivity (Wildman–Crippen MR) is 101 cm³/mol. The lowest BCUT2D eigenvalue weighted by Crippen LogP contribution is -2.24. The number of halogens is 3. The number of amides is 1. The van der Waals surface area contributed by atoms with E-state index < -0.39 is 5.91 Å². The van der Waals surface area contributed by atoms with E-state index in [-0.39, 0.29) is 6.61 Å². The molecule has 2 rings (SSSR count). The number of methoxy groups -OCH3 is 1. The Bertz CT molecular complexity index is 710. The lowest BCUT2D eigenvalue weighted by molar-refractivity contribution is -0.123. The summed E-state index contributed by atoms with van der Waals surface area (Å²) in [4.78, 5) is 11.7. The van der Waals surface area contributed by atoms with Gasteiger partial charge in [0.1, 0.15) is 17.3 Å². The molecule has 0 bridgehead atoms. The number of rotatable bonds is 6. The number of hydrogen-bond acceptors (Lipinski definition) is 5. The van der Waals surface area contributed by atoms with Gasteiger partial charge in [0.25, 0.3) is 5.91 Å². The Labute approximate surface area is 163 Å². The quantitative estimate of drug-likeness (QED) is 0.332. The molecule has 122 valence electrons. The van der Waals surface area contributed by atoms with Crippen LogP contribution in [0.3, 0.4) is 0 Å². The molecule has 0 saturated carbocycles. The molecular weight excluding hydrogens is 547 g/mol. The molecular formula is C14H11Br2IN2O4. The number of furan rings is 1. The highest BCUT2D eigenvalue weighted by atomic mass is 127. The van der Waals surface area contributed by atoms with E-state index in [1.54, 1.807) is 31.4 Å². The highest BCUT2D eigenvalue weighted by molar-refractivity contribution is 14.1. The molecule has 0 unspecified atom stereocenters. The zero-order valence-corrected chi connectivity index (χ0v) is 17.1. The smallest absolute Gasteiger partial charge is 0.277 e. The number of benzene rings is 1. The van der Waals surface area contributed by atoms with Gasteiger partial charge in [0.05, 0.1) is 22.3 Å². The van der Waals surface area contributed by atoms with Gasteiger partial charge in [0.15, 0.2) is 10.4 Å². The van der Waals surface area contributed by atoms with Gasteiger partial charge in [0, 0.05) is 0 Å². The standard InChI is InChI=1S/C14H11Br2IN2O4/c1-21-9-4-10(15)14(11(16)5-9)22-7-13(20)19-18-6-8-2-3-12(17)23-8/h2-6H,7H2,1H3,(H,19,20)/b18-6+. The summed E-state index contributed by atoms with van der Waals surface area (Å²) >= 11 is 8.77. The van der Waals surface area contributed by atoms with Gasteiger partial charge in [-0.25, -0.2) is 5.43 Å². The molecule has 0 spiro atoms. The second-order valence-corrected chi connectivity index (χ2v) is 6.92. The molecule has 0 saturated heterocycles. The Hall–Kier alpha value is -1.07. The molecule has 6 nitrogen and oxygen atoms in total. The molecule has 1 heterocycles. The third kappa shape index (κ3) is 5.50. The number of ether oxygens (including phenoxy) is 2. The zero-order chi connectivity index (χ0) is 16.8. The van der Waals surface area contributed by atoms with Gasteiger partial charge < -0.3 is 13.9 Å². The number of carbonyl (C=O) groups is 1. The molecule has 0 aliphatic heterocycles. The van der Waals surface area contributed by atoms with Crippen LogP contribution in [0.15, 0.2) is 42.7 Å². The largest absolute Gasteiger partial charge is 0.497 e. The van der Waals surface area contributed by atoms with Crippen molar-refractivity contribution in [2.24, 2.45) is 5.10 Å². The Morgan fingerprint density at radius 2 is 2.09 bits per heavy atom. The summed E-state index contributed by atoms with van der Waals surface area (Å²) in [6, 6.07) is 7.04. The number of nitrogens with zero attached hydrogens (tertiary/aromatic N) is 1. The van der Waals surface area contributed by atoms with Crippen molar-refractivity contribution in [3.63, 3.8) is 0 Å². The third-order valence-corrected chi connectivity index (χ3v) is 4.29. The van der Waals surface area contributed by atoms with Gasteiger partial charge in [-0.2, -0.15) is 5.10 Å². The number of carbonyl (C=O) groups excluding carboxylic acids is 1. The topological polar surface area (TPSA) is 73.1 Å². The van der Waals surface area contributed by atoms with Crippen LogP contribution in [0.25, 0.3) is 0 Å². The summed E-state index contributed by atoms with van der Waals surface area (Å²) in [5.41, 5.74) is 2.36. The molecule has 2 aromatic rings. The van der Waals surface area contributed by atoms with E-state index in [2.05, 4.69) is 42.4 Å². The number of hydrogen-bond donors (Lipinski definition) is 1. The van der Waals surface area contributed by atoms with Gasteiger partial charge >= 0.3 is 0 Å². The van der Waals surface area contributed by atoms with Crippen LogP contribution in [0.1, 0.15) is 5.76 Å². The first-order valence-electron chi connectivity index (χ1n) is 6.22. The van der Waals surface area contributed by atoms with E-state index >= 15 is 0 Å². The fourth-order valence-corrected chi connectivity index (χ4v) is 3.34. The summed E-state index contributed by atoms with van der Waals surface area (Å²) < 4.78 is 18.0. The Kier molecular flexibility index (Phi) is 6.90. The van der Waals surface area contributed by atoms with E-state index in [0.717, 1.165) is 3.77 Å². The molecule has 1 N–H and O–H groups in total. The molecule has 9 heteroatoms. The maximum atomic E-state index is 11.7. The average molecular weight is 558 g/mol. The van der Waals surface area contributed by atoms with E-state index in [4.69, 9.17) is 13.9 Å². The van der Waals surface area contributed by atoms with E-state index in [9.17, 15) is 4.79 Å². The molecule has 0 aliphatic rings. The minimum absolute atomic E-state index is 0.184. The molecule has 0 aliphatic carbocycles. The van der Waals surface area contributed by atoms with Crippen LogP contribution in [0.2, 0.25) is 0 Å². The van der Waals surface area contributed by atoms with Crippen molar-refractivity contribution in [3.05, 3.63) is 42.7 Å². The van der Waals surface area contributed by atoms with Gasteiger partial charge in [-0.15, -0.1) is 0 Å². The summed E-state index contributed by atoms with van der Waals surface area (Å²) in [6.45, 7) is -0.184. The van der Waals surface area contributed by atoms with Crippen LogP contribution >= 0.6 is 54.5 Å². The highest BCUT2D eigenvalue weighted by Crippen LogP contribution is 2.37. The molecule has 23 heavy (non-hydrogen) atoms. The summed E-state index contributed by atoms with van der Waals surface area (Å²) in [7, 11) is 1.57. The van der Waals surface area contributed by atoms with Gasteiger partial charge in [-0.1, -0.05) is 0 Å². The first-order valence-corrected chi connectivity index (χ1v) is 8.89. The van der Waals surface area contributed by atoms with Crippen molar-refractivity contribution >= 4 is 66.6 Å². The first-order chi connectivity index (χ1) is 11.0. The number of hydrazone groups is 1. The summed E-state index contributed by atoms with van der Waals surface area (Å²) in [6.07, 6.45) is 1.42. The van der Waals surface area contributed by atoms with E-state index in [1.165, 1.54) is 6.21 Å². The Balaban J connectivity index is 1.88. The second-order valence-electron chi connectivity index (χ2n) is 4.14. The van der Waals surface area contributed by atoms with Crippen LogP contribution in [0.5, 0.6) is 11.5 Å². The van der Waals surface area contributed by atoms with Crippen molar-refractivity contribution in [2.75, 3.05) is 13.7 Å². The van der Waals surface area contributed by atoms with Crippen molar-refractivity contribution in [3.8, 4) is 11.5 Å². The molecule has 0 fully saturated rings. The predicted octanol–water partition coefficient (Wildman–Crippen LogP) is 3.95. The van der Waals surface area contributed by atoms with E-state index in [0.29, 0.717) is 26.2 Å². The second kappa shape index (κ2) is 8.69. The summed E-state index contributed by atoms with van der Waals surface area (Å²) in [5, 5.41) is 3.79. The maximum Gasteiger partial charge on any atom is 0.277 e. The van der Waals surface area contributed by atoms with Crippen molar-refractivity contribution in [1.82, 2.24) is 5.43 Å². The zero-order valence-electron chi connectivity index (χ0n) is 11.8. The molecule has 1 amide bonds. The van der Waals surface area contributed by atoms with Gasteiger partial charge in [-0.05, 0) is 78.7 Å². The molecule has 1 aromatic heterocycles. The SMILES string of the molecule is COc1cc(Br)c(OCC(=O)N/N=C/c2ccc(I)o2)c(Br)c1. The van der Waals surface area contributed by atoms with Gasteiger partial charge in [0.2, 0.25) is 0 Å². The number of nitrogens with one attached hydrogen (secondary N) is 1. The lowest BCUT2D eigenvalue weighted by Gasteiger charge is -2.11.